The lowest BCUT2D eigenvalue weighted by Crippen LogP contribution is -2.13. The van der Waals surface area contributed by atoms with Crippen molar-refractivity contribution in [2.75, 3.05) is 0 Å². The summed E-state index contributed by atoms with van der Waals surface area (Å²) in [6.45, 7) is 0. The first-order chi connectivity index (χ1) is 8.29. The molecule has 1 rings (SSSR count). The van der Waals surface area contributed by atoms with Crippen LogP contribution in [0.2, 0.25) is 0 Å². The smallest absolute Gasteiger partial charge is 0.416 e. The van der Waals surface area contributed by atoms with Gasteiger partial charge in [-0.2, -0.15) is 18.4 Å². The van der Waals surface area contributed by atoms with Crippen molar-refractivity contribution in [3.05, 3.63) is 34.4 Å². The summed E-state index contributed by atoms with van der Waals surface area (Å²) in [6.07, 6.45) is -5.29. The maximum absolute atomic E-state index is 12.8. The Bertz CT molecular complexity index is 520. The second-order valence-corrected chi connectivity index (χ2v) is 3.74. The van der Waals surface area contributed by atoms with Gasteiger partial charge in [0.25, 0.3) is 0 Å². The third-order valence-corrected chi connectivity index (χ3v) is 2.52. The molecule has 0 heterocycles. The maximum Gasteiger partial charge on any atom is 0.416 e. The largest absolute Gasteiger partial charge is 0.481 e. The van der Waals surface area contributed by atoms with Gasteiger partial charge in [-0.15, -0.1) is 11.6 Å². The van der Waals surface area contributed by atoms with Gasteiger partial charge in [0.2, 0.25) is 0 Å². The van der Waals surface area contributed by atoms with Gasteiger partial charge in [-0.25, -0.2) is 0 Å². The number of rotatable bonds is 3. The zero-order valence-electron chi connectivity index (χ0n) is 8.88. The summed E-state index contributed by atoms with van der Waals surface area (Å²) in [5, 5.41) is 17.3. The van der Waals surface area contributed by atoms with Crippen LogP contribution >= 0.6 is 11.6 Å². The number of carbonyl (C=O) groups is 1. The number of benzene rings is 1. The highest BCUT2D eigenvalue weighted by atomic mass is 35.5. The molecule has 0 radical (unpaired) electrons. The standard InChI is InChI=1S/C11H7ClF3NO2/c12-4-8-7(3-10(17)18)1-6(5-16)2-9(8)11(13,14)15/h1-2H,3-4H2,(H,17,18). The molecule has 0 aliphatic rings. The average Bonchev–Trinajstić information content (AvgIpc) is 2.25. The van der Waals surface area contributed by atoms with E-state index in [4.69, 9.17) is 22.0 Å². The number of carboxylic acids is 1. The molecule has 18 heavy (non-hydrogen) atoms. The number of halogens is 4. The Kier molecular flexibility index (Phi) is 4.19. The molecule has 0 saturated carbocycles. The fourth-order valence-corrected chi connectivity index (χ4v) is 1.84. The third kappa shape index (κ3) is 3.14. The van der Waals surface area contributed by atoms with E-state index in [2.05, 4.69) is 0 Å². The summed E-state index contributed by atoms with van der Waals surface area (Å²) in [6, 6.07) is 3.35. The van der Waals surface area contributed by atoms with Gasteiger partial charge < -0.3 is 5.11 Å². The van der Waals surface area contributed by atoms with E-state index >= 15 is 0 Å². The number of aliphatic carboxylic acids is 1. The van der Waals surface area contributed by atoms with Crippen molar-refractivity contribution in [1.82, 2.24) is 0 Å². The van der Waals surface area contributed by atoms with Gasteiger partial charge in [0.1, 0.15) is 0 Å². The Morgan fingerprint density at radius 2 is 2.06 bits per heavy atom. The minimum Gasteiger partial charge on any atom is -0.481 e. The molecule has 0 unspecified atom stereocenters. The van der Waals surface area contributed by atoms with Crippen LogP contribution in [-0.4, -0.2) is 11.1 Å². The van der Waals surface area contributed by atoms with Gasteiger partial charge in [0.05, 0.1) is 23.6 Å². The van der Waals surface area contributed by atoms with E-state index in [1.165, 1.54) is 0 Å². The molecule has 0 aliphatic heterocycles. The number of nitrogens with zero attached hydrogens (tertiary/aromatic N) is 1. The van der Waals surface area contributed by atoms with E-state index in [0.29, 0.717) is 6.07 Å². The van der Waals surface area contributed by atoms with Gasteiger partial charge in [-0.1, -0.05) is 0 Å². The molecule has 0 aliphatic carbocycles. The zero-order chi connectivity index (χ0) is 13.9. The van der Waals surface area contributed by atoms with Gasteiger partial charge in [0, 0.05) is 5.88 Å². The zero-order valence-corrected chi connectivity index (χ0v) is 9.64. The normalized spacial score (nSPS) is 11.1. The Morgan fingerprint density at radius 1 is 1.44 bits per heavy atom. The first-order valence-electron chi connectivity index (χ1n) is 4.70. The number of alkyl halides is 4. The SMILES string of the molecule is N#Cc1cc(CC(=O)O)c(CCl)c(C(F)(F)F)c1. The van der Waals surface area contributed by atoms with Crippen molar-refractivity contribution in [3.8, 4) is 6.07 Å². The molecule has 0 saturated heterocycles. The summed E-state index contributed by atoms with van der Waals surface area (Å²) in [5.74, 6) is -1.76. The van der Waals surface area contributed by atoms with Crippen LogP contribution in [0.3, 0.4) is 0 Å². The molecule has 96 valence electrons. The van der Waals surface area contributed by atoms with Crippen molar-refractivity contribution in [3.63, 3.8) is 0 Å². The van der Waals surface area contributed by atoms with Gasteiger partial charge in [-0.3, -0.25) is 4.79 Å². The third-order valence-electron chi connectivity index (χ3n) is 2.25. The predicted molar refractivity (Wildman–Crippen MR) is 57.1 cm³/mol. The molecule has 0 amide bonds. The molecule has 0 bridgehead atoms. The number of nitriles is 1. The van der Waals surface area contributed by atoms with Gasteiger partial charge >= 0.3 is 12.1 Å². The first-order valence-corrected chi connectivity index (χ1v) is 5.24. The van der Waals surface area contributed by atoms with E-state index in [-0.39, 0.29) is 16.7 Å². The van der Waals surface area contributed by atoms with Crippen molar-refractivity contribution >= 4 is 17.6 Å². The lowest BCUT2D eigenvalue weighted by Gasteiger charge is -2.15. The van der Waals surface area contributed by atoms with Crippen LogP contribution in [0.5, 0.6) is 0 Å². The van der Waals surface area contributed by atoms with Crippen LogP contribution in [0.4, 0.5) is 13.2 Å². The van der Waals surface area contributed by atoms with Crippen LogP contribution in [-0.2, 0) is 23.3 Å². The highest BCUT2D eigenvalue weighted by molar-refractivity contribution is 6.17. The number of hydrogen-bond donors (Lipinski definition) is 1. The first kappa shape index (κ1) is 14.3. The Hall–Kier alpha value is -1.74. The van der Waals surface area contributed by atoms with Gasteiger partial charge in [-0.05, 0) is 23.3 Å². The quantitative estimate of drug-likeness (QED) is 0.864. The monoisotopic (exact) mass is 277 g/mol. The van der Waals surface area contributed by atoms with E-state index in [0.717, 1.165) is 6.07 Å². The second kappa shape index (κ2) is 5.27. The fraction of sp³-hybridized carbons (Fsp3) is 0.273. The maximum atomic E-state index is 12.8. The number of hydrogen-bond acceptors (Lipinski definition) is 2. The molecular formula is C11H7ClF3NO2. The molecule has 3 nitrogen and oxygen atoms in total. The van der Waals surface area contributed by atoms with Crippen LogP contribution in [0.1, 0.15) is 22.3 Å². The highest BCUT2D eigenvalue weighted by Crippen LogP contribution is 2.35. The van der Waals surface area contributed by atoms with E-state index in [9.17, 15) is 18.0 Å². The second-order valence-electron chi connectivity index (χ2n) is 3.48. The van der Waals surface area contributed by atoms with Crippen molar-refractivity contribution < 1.29 is 23.1 Å². The molecule has 0 spiro atoms. The lowest BCUT2D eigenvalue weighted by molar-refractivity contribution is -0.139. The average molecular weight is 278 g/mol. The minimum absolute atomic E-state index is 0.0936. The molecule has 1 aromatic rings. The van der Waals surface area contributed by atoms with Crippen molar-refractivity contribution in [2.45, 2.75) is 18.5 Å². The molecular weight excluding hydrogens is 271 g/mol. The van der Waals surface area contributed by atoms with E-state index in [1.807, 2.05) is 0 Å². The van der Waals surface area contributed by atoms with Crippen molar-refractivity contribution in [1.29, 1.82) is 5.26 Å². The molecule has 0 aromatic heterocycles. The summed E-state index contributed by atoms with van der Waals surface area (Å²) >= 11 is 5.45. The topological polar surface area (TPSA) is 61.1 Å². The molecule has 0 atom stereocenters. The van der Waals surface area contributed by atoms with Crippen LogP contribution in [0.25, 0.3) is 0 Å². The highest BCUT2D eigenvalue weighted by Gasteiger charge is 2.34. The molecule has 1 N–H and O–H groups in total. The summed E-state index contributed by atoms with van der Waals surface area (Å²) < 4.78 is 38.3. The Labute approximate surface area is 105 Å². The summed E-state index contributed by atoms with van der Waals surface area (Å²) in [5.41, 5.74) is -1.70. The van der Waals surface area contributed by atoms with Gasteiger partial charge in [0.15, 0.2) is 0 Å². The summed E-state index contributed by atoms with van der Waals surface area (Å²) in [4.78, 5) is 10.6. The molecule has 7 heteroatoms. The van der Waals surface area contributed by atoms with Crippen molar-refractivity contribution in [2.24, 2.45) is 0 Å². The Balaban J connectivity index is 3.51. The molecule has 0 fully saturated rings. The van der Waals surface area contributed by atoms with E-state index < -0.39 is 30.0 Å². The summed E-state index contributed by atoms with van der Waals surface area (Å²) in [7, 11) is 0. The Morgan fingerprint density at radius 3 is 2.44 bits per heavy atom. The molecule has 1 aromatic carbocycles. The van der Waals surface area contributed by atoms with Crippen LogP contribution in [0, 0.1) is 11.3 Å². The van der Waals surface area contributed by atoms with Crippen LogP contribution in [0.15, 0.2) is 12.1 Å². The predicted octanol–water partition coefficient (Wildman–Crippen LogP) is 2.94. The lowest BCUT2D eigenvalue weighted by atomic mass is 9.96. The van der Waals surface area contributed by atoms with Crippen LogP contribution < -0.4 is 0 Å². The number of carboxylic acid groups (broad SMARTS) is 1. The minimum atomic E-state index is -4.68. The van der Waals surface area contributed by atoms with E-state index in [1.54, 1.807) is 6.07 Å². The fourth-order valence-electron chi connectivity index (χ4n) is 1.53.